The van der Waals surface area contributed by atoms with E-state index in [1.807, 2.05) is 19.9 Å². The SMILES string of the molecule is COc1ccc2oc(C(=O)Nc3ccc(S(=O)(=O)N4C[C@@H](C)O[C@H](C)C4)cc3)c(C)c2c1. The van der Waals surface area contributed by atoms with Gasteiger partial charge in [0.25, 0.3) is 5.91 Å². The molecule has 1 aliphatic rings. The predicted octanol–water partition coefficient (Wildman–Crippen LogP) is 3.80. The van der Waals surface area contributed by atoms with Gasteiger partial charge in [-0.2, -0.15) is 4.31 Å². The summed E-state index contributed by atoms with van der Waals surface area (Å²) >= 11 is 0. The molecule has 2 aromatic carbocycles. The van der Waals surface area contributed by atoms with Crippen molar-refractivity contribution in [3.8, 4) is 5.75 Å². The van der Waals surface area contributed by atoms with Crippen molar-refractivity contribution in [3.05, 3.63) is 53.8 Å². The van der Waals surface area contributed by atoms with E-state index in [4.69, 9.17) is 13.9 Å². The average molecular weight is 459 g/mol. The van der Waals surface area contributed by atoms with Gasteiger partial charge in [-0.05, 0) is 63.2 Å². The lowest BCUT2D eigenvalue weighted by molar-refractivity contribution is -0.0440. The van der Waals surface area contributed by atoms with Crippen molar-refractivity contribution in [3.63, 3.8) is 0 Å². The van der Waals surface area contributed by atoms with E-state index < -0.39 is 15.9 Å². The van der Waals surface area contributed by atoms with Crippen LogP contribution in [0.15, 0.2) is 51.8 Å². The maximum Gasteiger partial charge on any atom is 0.291 e. The van der Waals surface area contributed by atoms with E-state index >= 15 is 0 Å². The summed E-state index contributed by atoms with van der Waals surface area (Å²) in [4.78, 5) is 13.0. The number of sulfonamides is 1. The summed E-state index contributed by atoms with van der Waals surface area (Å²) in [6, 6.07) is 11.5. The van der Waals surface area contributed by atoms with Crippen LogP contribution in [-0.4, -0.2) is 51.0 Å². The lowest BCUT2D eigenvalue weighted by Crippen LogP contribution is -2.48. The molecule has 8 nitrogen and oxygen atoms in total. The van der Waals surface area contributed by atoms with Crippen molar-refractivity contribution >= 4 is 32.6 Å². The first-order valence-corrected chi connectivity index (χ1v) is 11.8. The van der Waals surface area contributed by atoms with Gasteiger partial charge in [0.1, 0.15) is 11.3 Å². The molecular weight excluding hydrogens is 432 g/mol. The lowest BCUT2D eigenvalue weighted by atomic mass is 10.1. The molecule has 0 bridgehead atoms. The number of ether oxygens (including phenoxy) is 2. The largest absolute Gasteiger partial charge is 0.497 e. The number of methoxy groups -OCH3 is 1. The molecule has 1 aliphatic heterocycles. The Hall–Kier alpha value is -2.88. The van der Waals surface area contributed by atoms with Crippen LogP contribution in [-0.2, 0) is 14.8 Å². The van der Waals surface area contributed by atoms with Crippen LogP contribution in [0.5, 0.6) is 5.75 Å². The monoisotopic (exact) mass is 458 g/mol. The van der Waals surface area contributed by atoms with Gasteiger partial charge < -0.3 is 19.2 Å². The molecule has 1 aromatic heterocycles. The summed E-state index contributed by atoms with van der Waals surface area (Å²) in [6.07, 6.45) is -0.335. The van der Waals surface area contributed by atoms with Crippen LogP contribution in [0.4, 0.5) is 5.69 Å². The number of rotatable bonds is 5. The number of carbonyl (C=O) groups excluding carboxylic acids is 1. The molecule has 0 saturated carbocycles. The molecule has 4 rings (SSSR count). The number of benzene rings is 2. The van der Waals surface area contributed by atoms with Crippen molar-refractivity contribution < 1.29 is 27.1 Å². The second-order valence-corrected chi connectivity index (χ2v) is 9.91. The van der Waals surface area contributed by atoms with Gasteiger partial charge in [0.2, 0.25) is 10.0 Å². The van der Waals surface area contributed by atoms with Gasteiger partial charge in [0.15, 0.2) is 5.76 Å². The molecule has 1 saturated heterocycles. The van der Waals surface area contributed by atoms with E-state index in [0.717, 1.165) is 5.39 Å². The number of hydrogen-bond donors (Lipinski definition) is 1. The van der Waals surface area contributed by atoms with E-state index in [1.165, 1.54) is 16.4 Å². The zero-order valence-electron chi connectivity index (χ0n) is 18.4. The summed E-state index contributed by atoms with van der Waals surface area (Å²) in [6.45, 7) is 6.13. The van der Waals surface area contributed by atoms with Crippen LogP contribution in [0, 0.1) is 6.92 Å². The zero-order chi connectivity index (χ0) is 23.0. The molecule has 0 radical (unpaired) electrons. The third kappa shape index (κ3) is 4.23. The number of anilines is 1. The predicted molar refractivity (Wildman–Crippen MR) is 121 cm³/mol. The Bertz CT molecular complexity index is 1240. The minimum absolute atomic E-state index is 0.167. The molecule has 170 valence electrons. The third-order valence-electron chi connectivity index (χ3n) is 5.49. The van der Waals surface area contributed by atoms with E-state index in [0.29, 0.717) is 35.7 Å². The summed E-state index contributed by atoms with van der Waals surface area (Å²) in [5, 5.41) is 3.56. The molecule has 9 heteroatoms. The van der Waals surface area contributed by atoms with Gasteiger partial charge in [-0.3, -0.25) is 4.79 Å². The first-order valence-electron chi connectivity index (χ1n) is 10.3. The molecule has 1 amide bonds. The molecule has 0 aliphatic carbocycles. The zero-order valence-corrected chi connectivity index (χ0v) is 19.2. The average Bonchev–Trinajstić information content (AvgIpc) is 3.09. The molecule has 0 unspecified atom stereocenters. The van der Waals surface area contributed by atoms with E-state index in [2.05, 4.69) is 5.32 Å². The molecule has 2 atom stereocenters. The number of nitrogens with zero attached hydrogens (tertiary/aromatic N) is 1. The smallest absolute Gasteiger partial charge is 0.291 e. The number of fused-ring (bicyclic) bond motifs is 1. The van der Waals surface area contributed by atoms with Crippen LogP contribution < -0.4 is 10.1 Å². The molecule has 2 heterocycles. The third-order valence-corrected chi connectivity index (χ3v) is 7.33. The van der Waals surface area contributed by atoms with Gasteiger partial charge in [0, 0.05) is 29.7 Å². The van der Waals surface area contributed by atoms with Crippen LogP contribution in [0.25, 0.3) is 11.0 Å². The fraction of sp³-hybridized carbons (Fsp3) is 0.348. The normalized spacial score (nSPS) is 19.8. The molecule has 32 heavy (non-hydrogen) atoms. The molecule has 1 N–H and O–H groups in total. The second-order valence-electron chi connectivity index (χ2n) is 7.98. The van der Waals surface area contributed by atoms with Gasteiger partial charge in [-0.15, -0.1) is 0 Å². The Morgan fingerprint density at radius 1 is 1.09 bits per heavy atom. The highest BCUT2D eigenvalue weighted by Gasteiger charge is 2.32. The molecule has 1 fully saturated rings. The van der Waals surface area contributed by atoms with Crippen LogP contribution in [0.1, 0.15) is 30.0 Å². The van der Waals surface area contributed by atoms with Crippen LogP contribution in [0.2, 0.25) is 0 Å². The Balaban J connectivity index is 1.52. The number of aryl methyl sites for hydroxylation is 1. The van der Waals surface area contributed by atoms with Crippen molar-refractivity contribution in [2.24, 2.45) is 0 Å². The van der Waals surface area contributed by atoms with E-state index in [1.54, 1.807) is 38.3 Å². The maximum absolute atomic E-state index is 13.0. The first-order chi connectivity index (χ1) is 15.2. The highest BCUT2D eigenvalue weighted by molar-refractivity contribution is 7.89. The number of amides is 1. The fourth-order valence-electron chi connectivity index (χ4n) is 3.92. The van der Waals surface area contributed by atoms with Crippen molar-refractivity contribution in [1.29, 1.82) is 0 Å². The maximum atomic E-state index is 13.0. The van der Waals surface area contributed by atoms with Crippen LogP contribution in [0.3, 0.4) is 0 Å². The van der Waals surface area contributed by atoms with Crippen LogP contribution >= 0.6 is 0 Å². The summed E-state index contributed by atoms with van der Waals surface area (Å²) in [5.74, 6) is 0.458. The number of nitrogens with one attached hydrogen (secondary N) is 1. The first kappa shape index (κ1) is 22.3. The lowest BCUT2D eigenvalue weighted by Gasteiger charge is -2.34. The van der Waals surface area contributed by atoms with E-state index in [9.17, 15) is 13.2 Å². The highest BCUT2D eigenvalue weighted by Crippen LogP contribution is 2.29. The van der Waals surface area contributed by atoms with Crippen molar-refractivity contribution in [2.45, 2.75) is 37.9 Å². The minimum atomic E-state index is -3.65. The number of hydrogen-bond acceptors (Lipinski definition) is 6. The molecular formula is C23H26N2O6S. The van der Waals surface area contributed by atoms with Crippen molar-refractivity contribution in [1.82, 2.24) is 4.31 Å². The number of carbonyl (C=O) groups is 1. The summed E-state index contributed by atoms with van der Waals surface area (Å²) < 4.78 is 44.0. The highest BCUT2D eigenvalue weighted by atomic mass is 32.2. The van der Waals surface area contributed by atoms with Crippen molar-refractivity contribution in [2.75, 3.05) is 25.5 Å². The standard InChI is InChI=1S/C23H26N2O6S/c1-14-12-25(13-15(2)30-14)32(27,28)19-8-5-17(6-9-19)24-23(26)22-16(3)20-11-18(29-4)7-10-21(20)31-22/h5-11,14-15H,12-13H2,1-4H3,(H,24,26)/t14-,15-/m1/s1. The Morgan fingerprint density at radius 3 is 2.38 bits per heavy atom. The molecule has 0 spiro atoms. The minimum Gasteiger partial charge on any atom is -0.497 e. The van der Waals surface area contributed by atoms with Gasteiger partial charge in [-0.25, -0.2) is 8.42 Å². The quantitative estimate of drug-likeness (QED) is 0.625. The fourth-order valence-corrected chi connectivity index (χ4v) is 5.51. The Kier molecular flexibility index (Phi) is 5.98. The molecule has 3 aromatic rings. The summed E-state index contributed by atoms with van der Waals surface area (Å²) in [5.41, 5.74) is 1.75. The Labute approximate surface area is 187 Å². The second kappa shape index (κ2) is 8.57. The topological polar surface area (TPSA) is 98.1 Å². The van der Waals surface area contributed by atoms with E-state index in [-0.39, 0.29) is 22.9 Å². The van der Waals surface area contributed by atoms with Gasteiger partial charge >= 0.3 is 0 Å². The number of furan rings is 1. The van der Waals surface area contributed by atoms with Gasteiger partial charge in [0.05, 0.1) is 24.2 Å². The summed E-state index contributed by atoms with van der Waals surface area (Å²) in [7, 11) is -2.07. The number of morpholine rings is 1. The Morgan fingerprint density at radius 2 is 1.75 bits per heavy atom. The van der Waals surface area contributed by atoms with Gasteiger partial charge in [-0.1, -0.05) is 0 Å².